The molecule has 26 heavy (non-hydrogen) atoms. The predicted molar refractivity (Wildman–Crippen MR) is 106 cm³/mol. The summed E-state index contributed by atoms with van der Waals surface area (Å²) in [5.41, 5.74) is 5.80. The third-order valence-electron chi connectivity index (χ3n) is 4.73. The number of carbonyl (C=O) groups is 1. The second-order valence-electron chi connectivity index (χ2n) is 6.65. The van der Waals surface area contributed by atoms with Gasteiger partial charge < -0.3 is 11.1 Å². The Balaban J connectivity index is 0.00000338. The van der Waals surface area contributed by atoms with Crippen LogP contribution in [-0.2, 0) is 14.8 Å². The van der Waals surface area contributed by atoms with Gasteiger partial charge in [0.2, 0.25) is 15.9 Å². The molecule has 1 aromatic carbocycles. The first-order valence-electron chi connectivity index (χ1n) is 8.59. The summed E-state index contributed by atoms with van der Waals surface area (Å²) in [6.07, 6.45) is 5.81. The van der Waals surface area contributed by atoms with Gasteiger partial charge in [0.1, 0.15) is 0 Å². The van der Waals surface area contributed by atoms with E-state index in [1.54, 1.807) is 12.1 Å². The molecule has 148 valence electrons. The normalized spacial score (nSPS) is 16.5. The lowest BCUT2D eigenvalue weighted by atomic mass is 9.71. The van der Waals surface area contributed by atoms with E-state index in [2.05, 4.69) is 10.0 Å². The lowest BCUT2D eigenvalue weighted by Crippen LogP contribution is -2.40. The van der Waals surface area contributed by atoms with Crippen molar-refractivity contribution in [1.82, 2.24) is 10.0 Å². The molecule has 0 radical (unpaired) electrons. The highest BCUT2D eigenvalue weighted by molar-refractivity contribution is 7.89. The minimum atomic E-state index is -3.63. The lowest BCUT2D eigenvalue weighted by Gasteiger charge is -2.35. The molecule has 0 heterocycles. The molecule has 1 saturated carbocycles. The van der Waals surface area contributed by atoms with Crippen molar-refractivity contribution in [2.24, 2.45) is 11.1 Å². The monoisotopic (exact) mass is 423 g/mol. The molecule has 0 aromatic heterocycles. The summed E-state index contributed by atoms with van der Waals surface area (Å²) in [6.45, 7) is 0.872. The van der Waals surface area contributed by atoms with E-state index in [-0.39, 0.29) is 41.7 Å². The van der Waals surface area contributed by atoms with E-state index in [0.717, 1.165) is 25.7 Å². The van der Waals surface area contributed by atoms with E-state index in [0.29, 0.717) is 18.0 Å². The smallest absolute Gasteiger partial charge is 0.240 e. The van der Waals surface area contributed by atoms with Crippen molar-refractivity contribution in [1.29, 1.82) is 0 Å². The fourth-order valence-electron chi connectivity index (χ4n) is 3.26. The number of carbonyl (C=O) groups excluding carboxylic acids is 1. The van der Waals surface area contributed by atoms with Gasteiger partial charge in [-0.3, -0.25) is 4.79 Å². The van der Waals surface area contributed by atoms with Gasteiger partial charge in [0.05, 0.1) is 4.90 Å². The van der Waals surface area contributed by atoms with Crippen LogP contribution in [-0.4, -0.2) is 34.0 Å². The second-order valence-corrected chi connectivity index (χ2v) is 8.85. The topological polar surface area (TPSA) is 101 Å². The van der Waals surface area contributed by atoms with Gasteiger partial charge in [-0.25, -0.2) is 13.1 Å². The summed E-state index contributed by atoms with van der Waals surface area (Å²) < 4.78 is 26.7. The van der Waals surface area contributed by atoms with Crippen LogP contribution in [0.2, 0.25) is 5.02 Å². The van der Waals surface area contributed by atoms with E-state index in [1.165, 1.54) is 18.6 Å². The summed E-state index contributed by atoms with van der Waals surface area (Å²) in [7, 11) is -3.63. The van der Waals surface area contributed by atoms with Gasteiger partial charge in [-0.05, 0) is 43.0 Å². The first kappa shape index (κ1) is 23.2. The van der Waals surface area contributed by atoms with Gasteiger partial charge in [-0.15, -0.1) is 12.4 Å². The van der Waals surface area contributed by atoms with Gasteiger partial charge >= 0.3 is 0 Å². The van der Waals surface area contributed by atoms with Crippen molar-refractivity contribution in [3.8, 4) is 0 Å². The molecule has 0 bridgehead atoms. The number of nitrogens with two attached hydrogens (primary N) is 1. The van der Waals surface area contributed by atoms with Crippen LogP contribution in [0.15, 0.2) is 29.2 Å². The number of amides is 1. The molecular formula is C17H27Cl2N3O3S. The van der Waals surface area contributed by atoms with Crippen LogP contribution >= 0.6 is 24.0 Å². The first-order chi connectivity index (χ1) is 11.9. The maximum atomic E-state index is 12.2. The number of hydrogen-bond donors (Lipinski definition) is 3. The Kier molecular flexibility index (Phi) is 9.33. The molecule has 1 aliphatic rings. The zero-order valence-electron chi connectivity index (χ0n) is 14.7. The Morgan fingerprint density at radius 1 is 1.19 bits per heavy atom. The van der Waals surface area contributed by atoms with Crippen molar-refractivity contribution in [3.05, 3.63) is 29.3 Å². The number of halogens is 2. The minimum absolute atomic E-state index is 0. The third kappa shape index (κ3) is 6.70. The zero-order chi connectivity index (χ0) is 18.3. The quantitative estimate of drug-likeness (QED) is 0.558. The lowest BCUT2D eigenvalue weighted by molar-refractivity contribution is -0.123. The third-order valence-corrected chi connectivity index (χ3v) is 6.42. The number of rotatable bonds is 8. The highest BCUT2D eigenvalue weighted by Crippen LogP contribution is 2.38. The zero-order valence-corrected chi connectivity index (χ0v) is 17.1. The number of nitrogens with one attached hydrogen (secondary N) is 2. The van der Waals surface area contributed by atoms with Crippen LogP contribution in [0.1, 0.15) is 38.5 Å². The molecule has 9 heteroatoms. The summed E-state index contributed by atoms with van der Waals surface area (Å²) >= 11 is 5.81. The number of sulfonamides is 1. The summed E-state index contributed by atoms with van der Waals surface area (Å²) in [5.74, 6) is -0.0747. The molecule has 2 rings (SSSR count). The molecule has 1 aromatic rings. The molecule has 1 aliphatic carbocycles. The number of hydrogen-bond acceptors (Lipinski definition) is 4. The van der Waals surface area contributed by atoms with Gasteiger partial charge in [0.25, 0.3) is 0 Å². The van der Waals surface area contributed by atoms with E-state index in [4.69, 9.17) is 17.3 Å². The molecule has 4 N–H and O–H groups in total. The molecule has 0 saturated heterocycles. The molecule has 0 spiro atoms. The van der Waals surface area contributed by atoms with Crippen molar-refractivity contribution in [3.63, 3.8) is 0 Å². The van der Waals surface area contributed by atoms with Crippen molar-refractivity contribution in [2.45, 2.75) is 43.4 Å². The standard InChI is InChI=1S/C17H26ClN3O3S.ClH/c18-14-5-4-6-15(11-14)25(23,24)21-10-9-20-16(22)12-17(13-19)7-2-1-3-8-17;/h4-6,11,21H,1-3,7-10,12-13,19H2,(H,20,22);1H. The highest BCUT2D eigenvalue weighted by Gasteiger charge is 2.32. The van der Waals surface area contributed by atoms with Crippen LogP contribution in [0.4, 0.5) is 0 Å². The van der Waals surface area contributed by atoms with E-state index < -0.39 is 10.0 Å². The van der Waals surface area contributed by atoms with Crippen molar-refractivity contribution >= 4 is 39.9 Å². The number of benzene rings is 1. The highest BCUT2D eigenvalue weighted by atomic mass is 35.5. The van der Waals surface area contributed by atoms with Gasteiger partial charge in [0.15, 0.2) is 0 Å². The predicted octanol–water partition coefficient (Wildman–Crippen LogP) is 2.46. The summed E-state index contributed by atoms with van der Waals surface area (Å²) in [6, 6.07) is 6.05. The Bertz CT molecular complexity index is 692. The average molecular weight is 424 g/mol. The minimum Gasteiger partial charge on any atom is -0.355 e. The largest absolute Gasteiger partial charge is 0.355 e. The maximum Gasteiger partial charge on any atom is 0.240 e. The SMILES string of the molecule is Cl.NCC1(CC(=O)NCCNS(=O)(=O)c2cccc(Cl)c2)CCCCC1. The molecule has 1 amide bonds. The van der Waals surface area contributed by atoms with Gasteiger partial charge in [-0.2, -0.15) is 0 Å². The first-order valence-corrected chi connectivity index (χ1v) is 10.5. The van der Waals surface area contributed by atoms with E-state index >= 15 is 0 Å². The Morgan fingerprint density at radius 3 is 2.50 bits per heavy atom. The molecule has 1 fully saturated rings. The van der Waals surface area contributed by atoms with Crippen LogP contribution < -0.4 is 15.8 Å². The second kappa shape index (κ2) is 10.5. The van der Waals surface area contributed by atoms with Crippen LogP contribution in [0.5, 0.6) is 0 Å². The van der Waals surface area contributed by atoms with Crippen LogP contribution in [0, 0.1) is 5.41 Å². The van der Waals surface area contributed by atoms with E-state index in [1.807, 2.05) is 0 Å². The Morgan fingerprint density at radius 2 is 1.88 bits per heavy atom. The molecule has 0 atom stereocenters. The van der Waals surface area contributed by atoms with Gasteiger partial charge in [-0.1, -0.05) is 36.9 Å². The Hall–Kier alpha value is -0.860. The van der Waals surface area contributed by atoms with E-state index in [9.17, 15) is 13.2 Å². The fraction of sp³-hybridized carbons (Fsp3) is 0.588. The summed E-state index contributed by atoms with van der Waals surface area (Å²) in [5, 5.41) is 3.13. The fourth-order valence-corrected chi connectivity index (χ4v) is 4.60. The van der Waals surface area contributed by atoms with Gasteiger partial charge in [0, 0.05) is 24.5 Å². The van der Waals surface area contributed by atoms with Crippen molar-refractivity contribution < 1.29 is 13.2 Å². The summed E-state index contributed by atoms with van der Waals surface area (Å²) in [4.78, 5) is 12.3. The van der Waals surface area contributed by atoms with Crippen LogP contribution in [0.25, 0.3) is 0 Å². The molecule has 0 unspecified atom stereocenters. The van der Waals surface area contributed by atoms with Crippen LogP contribution in [0.3, 0.4) is 0 Å². The molecule has 0 aliphatic heterocycles. The molecular weight excluding hydrogens is 397 g/mol. The molecule has 6 nitrogen and oxygen atoms in total. The average Bonchev–Trinajstić information content (AvgIpc) is 2.59. The Labute approximate surface area is 166 Å². The maximum absolute atomic E-state index is 12.2. The van der Waals surface area contributed by atoms with Crippen molar-refractivity contribution in [2.75, 3.05) is 19.6 Å².